The maximum atomic E-state index is 11.1. The monoisotopic (exact) mass is 313 g/mol. The van der Waals surface area contributed by atoms with E-state index in [1.165, 1.54) is 6.26 Å². The molecule has 0 heterocycles. The van der Waals surface area contributed by atoms with Crippen molar-refractivity contribution in [3.05, 3.63) is 29.8 Å². The number of methoxy groups -OCH3 is 1. The van der Waals surface area contributed by atoms with Gasteiger partial charge in [0.15, 0.2) is 5.96 Å². The second-order valence-corrected chi connectivity index (χ2v) is 6.86. The van der Waals surface area contributed by atoms with Gasteiger partial charge in [0.25, 0.3) is 0 Å². The fraction of sp³-hybridized carbons (Fsp3) is 0.500. The predicted molar refractivity (Wildman–Crippen MR) is 85.5 cm³/mol. The Morgan fingerprint density at radius 1 is 1.24 bits per heavy atom. The zero-order valence-corrected chi connectivity index (χ0v) is 13.5. The first-order valence-electron chi connectivity index (χ1n) is 6.77. The van der Waals surface area contributed by atoms with Crippen LogP contribution in [0.2, 0.25) is 0 Å². The fourth-order valence-corrected chi connectivity index (χ4v) is 2.07. The highest BCUT2D eigenvalue weighted by atomic mass is 32.2. The van der Waals surface area contributed by atoms with Gasteiger partial charge in [-0.2, -0.15) is 0 Å². The Labute approximate surface area is 126 Å². The van der Waals surface area contributed by atoms with Gasteiger partial charge in [-0.1, -0.05) is 12.1 Å². The number of hydrogen-bond acceptors (Lipinski definition) is 4. The predicted octanol–water partition coefficient (Wildman–Crippen LogP) is 0.795. The van der Waals surface area contributed by atoms with Crippen LogP contribution >= 0.6 is 0 Å². The lowest BCUT2D eigenvalue weighted by Crippen LogP contribution is -2.39. The topological polar surface area (TPSA) is 79.8 Å². The van der Waals surface area contributed by atoms with Crippen LogP contribution in [0.1, 0.15) is 12.5 Å². The van der Waals surface area contributed by atoms with E-state index in [1.54, 1.807) is 7.11 Å². The van der Waals surface area contributed by atoms with Crippen molar-refractivity contribution in [3.8, 4) is 5.75 Å². The third-order valence-electron chi connectivity index (χ3n) is 2.69. The Balaban J connectivity index is 2.57. The average Bonchev–Trinajstić information content (AvgIpc) is 2.44. The molecular formula is C14H23N3O3S. The number of rotatable bonds is 7. The van der Waals surface area contributed by atoms with Crippen LogP contribution in [0.3, 0.4) is 0 Å². The number of hydrogen-bond donors (Lipinski definition) is 2. The lowest BCUT2D eigenvalue weighted by atomic mass is 10.2. The van der Waals surface area contributed by atoms with Gasteiger partial charge in [-0.15, -0.1) is 0 Å². The van der Waals surface area contributed by atoms with Crippen LogP contribution in [0.25, 0.3) is 0 Å². The van der Waals surface area contributed by atoms with Crippen molar-refractivity contribution in [2.24, 2.45) is 4.99 Å². The Morgan fingerprint density at radius 2 is 1.90 bits per heavy atom. The SMILES string of the molecule is CCNC(=NCc1ccc(OC)cc1)NCCS(C)(=O)=O. The molecule has 118 valence electrons. The summed E-state index contributed by atoms with van der Waals surface area (Å²) in [6.07, 6.45) is 1.22. The summed E-state index contributed by atoms with van der Waals surface area (Å²) >= 11 is 0. The molecule has 0 saturated heterocycles. The van der Waals surface area contributed by atoms with E-state index in [9.17, 15) is 8.42 Å². The van der Waals surface area contributed by atoms with Crippen molar-refractivity contribution in [2.75, 3.05) is 32.2 Å². The molecule has 0 bridgehead atoms. The quantitative estimate of drug-likeness (QED) is 0.575. The summed E-state index contributed by atoms with van der Waals surface area (Å²) in [4.78, 5) is 4.42. The molecule has 0 aliphatic rings. The van der Waals surface area contributed by atoms with Gasteiger partial charge in [0.05, 0.1) is 19.4 Å². The minimum absolute atomic E-state index is 0.0833. The van der Waals surface area contributed by atoms with Gasteiger partial charge in [-0.3, -0.25) is 0 Å². The second-order valence-electron chi connectivity index (χ2n) is 4.60. The second kappa shape index (κ2) is 8.51. The Hall–Kier alpha value is -1.76. The summed E-state index contributed by atoms with van der Waals surface area (Å²) in [5.41, 5.74) is 1.05. The summed E-state index contributed by atoms with van der Waals surface area (Å²) in [5.74, 6) is 1.50. The molecule has 0 aliphatic carbocycles. The molecule has 0 aliphatic heterocycles. The van der Waals surface area contributed by atoms with Crippen molar-refractivity contribution in [1.29, 1.82) is 0 Å². The van der Waals surface area contributed by atoms with Crippen molar-refractivity contribution in [2.45, 2.75) is 13.5 Å². The molecule has 0 unspecified atom stereocenters. The molecule has 0 radical (unpaired) electrons. The molecule has 0 spiro atoms. The lowest BCUT2D eigenvalue weighted by Gasteiger charge is -2.10. The van der Waals surface area contributed by atoms with Crippen LogP contribution in [-0.4, -0.2) is 46.6 Å². The minimum Gasteiger partial charge on any atom is -0.497 e. The van der Waals surface area contributed by atoms with Crippen LogP contribution in [0.15, 0.2) is 29.3 Å². The molecule has 1 aromatic carbocycles. The molecule has 2 N–H and O–H groups in total. The van der Waals surface area contributed by atoms with Gasteiger partial charge in [-0.25, -0.2) is 13.4 Å². The molecule has 21 heavy (non-hydrogen) atoms. The molecule has 1 rings (SSSR count). The zero-order chi connectivity index (χ0) is 15.7. The van der Waals surface area contributed by atoms with E-state index in [0.717, 1.165) is 11.3 Å². The maximum Gasteiger partial charge on any atom is 0.191 e. The average molecular weight is 313 g/mol. The summed E-state index contributed by atoms with van der Waals surface area (Å²) in [6, 6.07) is 7.66. The van der Waals surface area contributed by atoms with Crippen molar-refractivity contribution in [3.63, 3.8) is 0 Å². The molecule has 0 aromatic heterocycles. The summed E-state index contributed by atoms with van der Waals surface area (Å²) in [7, 11) is -1.34. The highest BCUT2D eigenvalue weighted by molar-refractivity contribution is 7.90. The molecule has 6 nitrogen and oxygen atoms in total. The van der Waals surface area contributed by atoms with E-state index in [-0.39, 0.29) is 5.75 Å². The van der Waals surface area contributed by atoms with E-state index in [1.807, 2.05) is 31.2 Å². The summed E-state index contributed by atoms with van der Waals surface area (Å²) < 4.78 is 27.3. The number of nitrogens with zero attached hydrogens (tertiary/aromatic N) is 1. The Morgan fingerprint density at radius 3 is 2.43 bits per heavy atom. The van der Waals surface area contributed by atoms with Crippen LogP contribution < -0.4 is 15.4 Å². The molecule has 0 amide bonds. The zero-order valence-electron chi connectivity index (χ0n) is 12.7. The van der Waals surface area contributed by atoms with E-state index >= 15 is 0 Å². The number of aliphatic imine (C=N–C) groups is 1. The highest BCUT2D eigenvalue weighted by Gasteiger charge is 2.03. The van der Waals surface area contributed by atoms with Gasteiger partial charge >= 0.3 is 0 Å². The first-order chi connectivity index (χ1) is 9.94. The van der Waals surface area contributed by atoms with Crippen LogP contribution in [0.5, 0.6) is 5.75 Å². The molecule has 0 atom stereocenters. The molecule has 7 heteroatoms. The largest absolute Gasteiger partial charge is 0.497 e. The third kappa shape index (κ3) is 7.55. The Kier molecular flexibility index (Phi) is 7.01. The van der Waals surface area contributed by atoms with Gasteiger partial charge in [0, 0.05) is 19.3 Å². The van der Waals surface area contributed by atoms with E-state index in [0.29, 0.717) is 25.6 Å². The van der Waals surface area contributed by atoms with Gasteiger partial charge in [0.1, 0.15) is 15.6 Å². The number of guanidine groups is 1. The van der Waals surface area contributed by atoms with Crippen molar-refractivity contribution in [1.82, 2.24) is 10.6 Å². The van der Waals surface area contributed by atoms with Crippen LogP contribution in [0, 0.1) is 0 Å². The summed E-state index contributed by atoms with van der Waals surface area (Å²) in [5, 5.41) is 6.09. The fourth-order valence-electron chi connectivity index (χ4n) is 1.60. The molecule has 1 aromatic rings. The van der Waals surface area contributed by atoms with Gasteiger partial charge in [0.2, 0.25) is 0 Å². The van der Waals surface area contributed by atoms with Crippen LogP contribution in [-0.2, 0) is 16.4 Å². The first kappa shape index (κ1) is 17.3. The van der Waals surface area contributed by atoms with E-state index in [4.69, 9.17) is 4.74 Å². The lowest BCUT2D eigenvalue weighted by molar-refractivity contribution is 0.414. The van der Waals surface area contributed by atoms with Crippen molar-refractivity contribution < 1.29 is 13.2 Å². The normalized spacial score (nSPS) is 12.0. The van der Waals surface area contributed by atoms with Crippen molar-refractivity contribution >= 4 is 15.8 Å². The number of benzene rings is 1. The highest BCUT2D eigenvalue weighted by Crippen LogP contribution is 2.11. The first-order valence-corrected chi connectivity index (χ1v) is 8.83. The Bertz CT molecular complexity index is 553. The van der Waals surface area contributed by atoms with Crippen LogP contribution in [0.4, 0.5) is 0 Å². The number of nitrogens with one attached hydrogen (secondary N) is 2. The summed E-state index contributed by atoms with van der Waals surface area (Å²) in [6.45, 7) is 3.53. The number of ether oxygens (including phenoxy) is 1. The molecule has 0 saturated carbocycles. The van der Waals surface area contributed by atoms with Gasteiger partial charge < -0.3 is 15.4 Å². The van der Waals surface area contributed by atoms with E-state index < -0.39 is 9.84 Å². The minimum atomic E-state index is -2.97. The number of sulfone groups is 1. The molecule has 0 fully saturated rings. The van der Waals surface area contributed by atoms with Gasteiger partial charge in [-0.05, 0) is 24.6 Å². The standard InChI is InChI=1S/C14H23N3O3S/c1-4-15-14(16-9-10-21(3,18)19)17-11-12-5-7-13(20-2)8-6-12/h5-8H,4,9-11H2,1-3H3,(H2,15,16,17). The van der Waals surface area contributed by atoms with E-state index in [2.05, 4.69) is 15.6 Å². The maximum absolute atomic E-state index is 11.1. The third-order valence-corrected chi connectivity index (χ3v) is 3.63. The smallest absolute Gasteiger partial charge is 0.191 e. The molecular weight excluding hydrogens is 290 g/mol.